The average molecular weight is 292 g/mol. The highest BCUT2D eigenvalue weighted by molar-refractivity contribution is 9.10. The summed E-state index contributed by atoms with van der Waals surface area (Å²) in [6.07, 6.45) is 1.74. The van der Waals surface area contributed by atoms with Gasteiger partial charge in [-0.15, -0.1) is 0 Å². The van der Waals surface area contributed by atoms with Gasteiger partial charge in [-0.3, -0.25) is 4.98 Å². The van der Waals surface area contributed by atoms with Gasteiger partial charge in [-0.25, -0.2) is 4.98 Å². The quantitative estimate of drug-likeness (QED) is 0.644. The number of pyridine rings is 1. The van der Waals surface area contributed by atoms with Crippen molar-refractivity contribution >= 4 is 32.9 Å². The van der Waals surface area contributed by atoms with Crippen LogP contribution in [0.1, 0.15) is 5.56 Å². The molecule has 0 saturated heterocycles. The average Bonchev–Trinajstić information content (AvgIpc) is 2.81. The third-order valence-corrected chi connectivity index (χ3v) is 3.45. The predicted octanol–water partition coefficient (Wildman–Crippen LogP) is 2.61. The van der Waals surface area contributed by atoms with Crippen molar-refractivity contribution in [3.63, 3.8) is 0 Å². The first-order valence-corrected chi connectivity index (χ1v) is 5.90. The molecule has 0 fully saturated rings. The smallest absolute Gasteiger partial charge is 0.198 e. The Hall–Kier alpha value is -1.82. The summed E-state index contributed by atoms with van der Waals surface area (Å²) < 4.78 is 0.954. The van der Waals surface area contributed by atoms with Gasteiger partial charge in [0.15, 0.2) is 5.95 Å². The molecule has 0 radical (unpaired) electrons. The lowest BCUT2D eigenvalue weighted by Gasteiger charge is -1.97. The first kappa shape index (κ1) is 10.3. The maximum absolute atomic E-state index is 5.66. The second kappa shape index (κ2) is 3.59. The Kier molecular flexibility index (Phi) is 2.19. The van der Waals surface area contributed by atoms with Crippen LogP contribution in [0.15, 0.2) is 22.9 Å². The van der Waals surface area contributed by atoms with Gasteiger partial charge in [-0.1, -0.05) is 0 Å². The second-order valence-corrected chi connectivity index (χ2v) is 4.65. The number of hydrogen-bond donors (Lipinski definition) is 3. The van der Waals surface area contributed by atoms with Gasteiger partial charge < -0.3 is 15.7 Å². The van der Waals surface area contributed by atoms with Gasteiger partial charge in [-0.05, 0) is 40.5 Å². The van der Waals surface area contributed by atoms with Crippen LogP contribution < -0.4 is 5.73 Å². The van der Waals surface area contributed by atoms with E-state index in [1.165, 1.54) is 0 Å². The molecule has 3 heterocycles. The summed E-state index contributed by atoms with van der Waals surface area (Å²) in [5.41, 5.74) is 10.2. The zero-order valence-corrected chi connectivity index (χ0v) is 10.7. The van der Waals surface area contributed by atoms with Gasteiger partial charge in [0, 0.05) is 6.20 Å². The number of nitrogens with zero attached hydrogens (tertiary/aromatic N) is 2. The van der Waals surface area contributed by atoms with E-state index >= 15 is 0 Å². The summed E-state index contributed by atoms with van der Waals surface area (Å²) in [5.74, 6) is 0.400. The number of aromatic nitrogens is 4. The van der Waals surface area contributed by atoms with Gasteiger partial charge >= 0.3 is 0 Å². The molecular formula is C11H10BrN5. The molecule has 3 rings (SSSR count). The van der Waals surface area contributed by atoms with Crippen molar-refractivity contribution in [2.45, 2.75) is 6.92 Å². The van der Waals surface area contributed by atoms with E-state index < -0.39 is 0 Å². The zero-order chi connectivity index (χ0) is 12.0. The van der Waals surface area contributed by atoms with Crippen LogP contribution >= 0.6 is 15.9 Å². The number of halogens is 1. The molecule has 5 nitrogen and oxygen atoms in total. The van der Waals surface area contributed by atoms with Crippen molar-refractivity contribution in [3.05, 3.63) is 28.5 Å². The minimum Gasteiger partial charge on any atom is -0.369 e. The molecule has 3 aromatic rings. The molecule has 0 aliphatic carbocycles. The van der Waals surface area contributed by atoms with Crippen molar-refractivity contribution in [1.29, 1.82) is 0 Å². The highest BCUT2D eigenvalue weighted by Crippen LogP contribution is 2.28. The predicted molar refractivity (Wildman–Crippen MR) is 70.5 cm³/mol. The standard InChI is InChI=1S/C11H10BrN5/c1-5-4-7(15-10(5)12)8-9-6(2-3-14-8)16-11(13)17-9/h2-4,15H,1H3,(H3,13,16,17). The van der Waals surface area contributed by atoms with Crippen LogP contribution in [-0.4, -0.2) is 19.9 Å². The van der Waals surface area contributed by atoms with Crippen molar-refractivity contribution in [3.8, 4) is 11.4 Å². The van der Waals surface area contributed by atoms with E-state index in [9.17, 15) is 0 Å². The Labute approximate surface area is 106 Å². The van der Waals surface area contributed by atoms with Gasteiger partial charge in [0.1, 0.15) is 11.2 Å². The fourth-order valence-electron chi connectivity index (χ4n) is 1.81. The topological polar surface area (TPSA) is 83.4 Å². The van der Waals surface area contributed by atoms with Crippen LogP contribution in [0.3, 0.4) is 0 Å². The lowest BCUT2D eigenvalue weighted by Crippen LogP contribution is -1.86. The summed E-state index contributed by atoms with van der Waals surface area (Å²) in [4.78, 5) is 14.8. The van der Waals surface area contributed by atoms with Crippen LogP contribution in [0.2, 0.25) is 0 Å². The normalized spacial score (nSPS) is 11.2. The summed E-state index contributed by atoms with van der Waals surface area (Å²) in [6, 6.07) is 3.88. The second-order valence-electron chi connectivity index (χ2n) is 3.86. The molecular weight excluding hydrogens is 282 g/mol. The number of anilines is 1. The number of hydrogen-bond acceptors (Lipinski definition) is 3. The molecule has 3 aromatic heterocycles. The molecule has 6 heteroatoms. The molecule has 0 saturated carbocycles. The third-order valence-electron chi connectivity index (χ3n) is 2.63. The Morgan fingerprint density at radius 2 is 2.18 bits per heavy atom. The largest absolute Gasteiger partial charge is 0.369 e. The van der Waals surface area contributed by atoms with Crippen molar-refractivity contribution in [1.82, 2.24) is 19.9 Å². The SMILES string of the molecule is Cc1cc(-c2nccc3[nH]c(N)nc23)[nH]c1Br. The number of H-pyrrole nitrogens is 2. The van der Waals surface area contributed by atoms with Crippen LogP contribution in [-0.2, 0) is 0 Å². The number of nitrogens with one attached hydrogen (secondary N) is 2. The molecule has 0 aliphatic rings. The van der Waals surface area contributed by atoms with Gasteiger partial charge in [-0.2, -0.15) is 0 Å². The number of fused-ring (bicyclic) bond motifs is 1. The maximum atomic E-state index is 5.66. The highest BCUT2D eigenvalue weighted by atomic mass is 79.9. The lowest BCUT2D eigenvalue weighted by atomic mass is 10.2. The van der Waals surface area contributed by atoms with Gasteiger partial charge in [0.25, 0.3) is 0 Å². The summed E-state index contributed by atoms with van der Waals surface area (Å²) >= 11 is 3.45. The molecule has 0 spiro atoms. The fourth-order valence-corrected chi connectivity index (χ4v) is 2.14. The zero-order valence-electron chi connectivity index (χ0n) is 9.08. The first-order chi connectivity index (χ1) is 8.15. The fraction of sp³-hybridized carbons (Fsp3) is 0.0909. The molecule has 0 bridgehead atoms. The molecule has 0 amide bonds. The minimum atomic E-state index is 0.400. The summed E-state index contributed by atoms with van der Waals surface area (Å²) in [7, 11) is 0. The molecule has 86 valence electrons. The number of aromatic amines is 2. The minimum absolute atomic E-state index is 0.400. The van der Waals surface area contributed by atoms with E-state index in [-0.39, 0.29) is 0 Å². The monoisotopic (exact) mass is 291 g/mol. The van der Waals surface area contributed by atoms with Crippen molar-refractivity contribution < 1.29 is 0 Å². The van der Waals surface area contributed by atoms with E-state index in [2.05, 4.69) is 35.9 Å². The number of aryl methyl sites for hydroxylation is 1. The molecule has 17 heavy (non-hydrogen) atoms. The van der Waals surface area contributed by atoms with Crippen molar-refractivity contribution in [2.75, 3.05) is 5.73 Å². The van der Waals surface area contributed by atoms with Crippen molar-refractivity contribution in [2.24, 2.45) is 0 Å². The van der Waals surface area contributed by atoms with E-state index in [1.54, 1.807) is 6.20 Å². The molecule has 0 aromatic carbocycles. The Morgan fingerprint density at radius 1 is 1.35 bits per heavy atom. The summed E-state index contributed by atoms with van der Waals surface area (Å²) in [5, 5.41) is 0. The molecule has 0 atom stereocenters. The van der Waals surface area contributed by atoms with Crippen LogP contribution in [0.25, 0.3) is 22.4 Å². The molecule has 4 N–H and O–H groups in total. The number of nitrogen functional groups attached to an aromatic ring is 1. The molecule has 0 aliphatic heterocycles. The first-order valence-electron chi connectivity index (χ1n) is 5.11. The maximum Gasteiger partial charge on any atom is 0.198 e. The van der Waals surface area contributed by atoms with E-state index in [1.807, 2.05) is 19.1 Å². The number of imidazole rings is 1. The Bertz CT molecular complexity index is 678. The van der Waals surface area contributed by atoms with Gasteiger partial charge in [0.2, 0.25) is 0 Å². The van der Waals surface area contributed by atoms with Crippen LogP contribution in [0, 0.1) is 6.92 Å². The highest BCUT2D eigenvalue weighted by Gasteiger charge is 2.12. The van der Waals surface area contributed by atoms with E-state index in [4.69, 9.17) is 5.73 Å². The van der Waals surface area contributed by atoms with E-state index in [0.29, 0.717) is 5.95 Å². The summed E-state index contributed by atoms with van der Waals surface area (Å²) in [6.45, 7) is 2.02. The van der Waals surface area contributed by atoms with E-state index in [0.717, 1.165) is 32.6 Å². The number of rotatable bonds is 1. The Morgan fingerprint density at radius 3 is 2.88 bits per heavy atom. The number of nitrogens with two attached hydrogens (primary N) is 1. The Balaban J connectivity index is 2.29. The van der Waals surface area contributed by atoms with Crippen LogP contribution in [0.5, 0.6) is 0 Å². The van der Waals surface area contributed by atoms with Crippen LogP contribution in [0.4, 0.5) is 5.95 Å². The molecule has 0 unspecified atom stereocenters. The lowest BCUT2D eigenvalue weighted by molar-refractivity contribution is 1.27. The van der Waals surface area contributed by atoms with Gasteiger partial charge in [0.05, 0.1) is 15.8 Å². The third kappa shape index (κ3) is 1.61.